The third-order valence-electron chi connectivity index (χ3n) is 3.17. The molecule has 3 N–H and O–H groups in total. The minimum Gasteiger partial charge on any atom is -0.394 e. The van der Waals surface area contributed by atoms with Gasteiger partial charge in [0.25, 0.3) is 0 Å². The number of hydrogen-bond donors (Lipinski definition) is 2. The Labute approximate surface area is 116 Å². The molecule has 0 bridgehead atoms. The molecule has 0 aliphatic carbocycles. The second kappa shape index (κ2) is 5.40. The van der Waals surface area contributed by atoms with E-state index in [1.165, 1.54) is 10.8 Å². The molecule has 3 aromatic rings. The van der Waals surface area contributed by atoms with Crippen molar-refractivity contribution in [2.45, 2.75) is 12.5 Å². The number of aliphatic hydroxyl groups is 1. The zero-order valence-electron chi connectivity index (χ0n) is 10.9. The number of aromatic nitrogens is 2. The van der Waals surface area contributed by atoms with E-state index in [1.807, 2.05) is 18.2 Å². The highest BCUT2D eigenvalue weighted by Crippen LogP contribution is 2.17. The fourth-order valence-electron chi connectivity index (χ4n) is 2.10. The number of hydrogen-bond acceptors (Lipinski definition) is 5. The molecule has 0 unspecified atom stereocenters. The Morgan fingerprint density at radius 1 is 1.15 bits per heavy atom. The van der Waals surface area contributed by atoms with Crippen LogP contribution >= 0.6 is 0 Å². The molecular weight excluding hydrogens is 254 g/mol. The predicted octanol–water partition coefficient (Wildman–Crippen LogP) is 1.81. The Morgan fingerprint density at radius 2 is 1.95 bits per heavy atom. The van der Waals surface area contributed by atoms with Gasteiger partial charge in [0.2, 0.25) is 5.89 Å². The lowest BCUT2D eigenvalue weighted by molar-refractivity contribution is 0.236. The van der Waals surface area contributed by atoms with Crippen LogP contribution in [0.4, 0.5) is 0 Å². The van der Waals surface area contributed by atoms with Crippen LogP contribution in [-0.2, 0) is 6.42 Å². The van der Waals surface area contributed by atoms with Crippen molar-refractivity contribution in [3.05, 3.63) is 59.7 Å². The van der Waals surface area contributed by atoms with E-state index in [2.05, 4.69) is 34.4 Å². The molecule has 20 heavy (non-hydrogen) atoms. The van der Waals surface area contributed by atoms with E-state index in [9.17, 15) is 0 Å². The van der Waals surface area contributed by atoms with Crippen molar-refractivity contribution in [2.24, 2.45) is 5.73 Å². The lowest BCUT2D eigenvalue weighted by Crippen LogP contribution is -2.14. The van der Waals surface area contributed by atoms with Gasteiger partial charge in [0.1, 0.15) is 6.04 Å². The lowest BCUT2D eigenvalue weighted by atomic mass is 10.1. The van der Waals surface area contributed by atoms with E-state index in [0.717, 1.165) is 5.56 Å². The molecule has 1 aromatic heterocycles. The molecular formula is C15H15N3O2. The summed E-state index contributed by atoms with van der Waals surface area (Å²) in [4.78, 5) is 4.19. The molecule has 0 saturated heterocycles. The molecule has 0 aliphatic rings. The highest BCUT2D eigenvalue weighted by molar-refractivity contribution is 5.83. The number of nitrogens with zero attached hydrogens (tertiary/aromatic N) is 2. The Balaban J connectivity index is 1.83. The van der Waals surface area contributed by atoms with Gasteiger partial charge in [-0.2, -0.15) is 4.98 Å². The van der Waals surface area contributed by atoms with Crippen LogP contribution in [0.5, 0.6) is 0 Å². The minimum atomic E-state index is -0.618. The molecule has 0 amide bonds. The van der Waals surface area contributed by atoms with Gasteiger partial charge in [-0.3, -0.25) is 0 Å². The van der Waals surface area contributed by atoms with E-state index in [4.69, 9.17) is 15.4 Å². The van der Waals surface area contributed by atoms with Crippen molar-refractivity contribution in [3.8, 4) is 0 Å². The maximum absolute atomic E-state index is 8.95. The van der Waals surface area contributed by atoms with Gasteiger partial charge in [-0.05, 0) is 16.3 Å². The zero-order valence-corrected chi connectivity index (χ0v) is 10.9. The molecule has 5 heteroatoms. The monoisotopic (exact) mass is 269 g/mol. The van der Waals surface area contributed by atoms with Crippen LogP contribution in [0.3, 0.4) is 0 Å². The summed E-state index contributed by atoms with van der Waals surface area (Å²) in [7, 11) is 0. The van der Waals surface area contributed by atoms with E-state index >= 15 is 0 Å². The molecule has 2 aromatic carbocycles. The van der Waals surface area contributed by atoms with E-state index < -0.39 is 6.04 Å². The fraction of sp³-hybridized carbons (Fsp3) is 0.200. The van der Waals surface area contributed by atoms with Gasteiger partial charge in [-0.15, -0.1) is 0 Å². The minimum absolute atomic E-state index is 0.211. The molecule has 1 atom stereocenters. The van der Waals surface area contributed by atoms with Crippen LogP contribution in [0.15, 0.2) is 47.0 Å². The molecule has 0 radical (unpaired) electrons. The van der Waals surface area contributed by atoms with Gasteiger partial charge >= 0.3 is 0 Å². The van der Waals surface area contributed by atoms with Crippen molar-refractivity contribution in [3.63, 3.8) is 0 Å². The highest BCUT2D eigenvalue weighted by Gasteiger charge is 2.13. The Hall–Kier alpha value is -2.24. The average Bonchev–Trinajstić information content (AvgIpc) is 2.95. The molecule has 102 valence electrons. The second-order valence-electron chi connectivity index (χ2n) is 4.70. The number of benzene rings is 2. The van der Waals surface area contributed by atoms with Crippen LogP contribution in [0, 0.1) is 0 Å². The average molecular weight is 269 g/mol. The molecule has 0 spiro atoms. The van der Waals surface area contributed by atoms with E-state index in [-0.39, 0.29) is 12.5 Å². The van der Waals surface area contributed by atoms with Crippen LogP contribution < -0.4 is 5.73 Å². The number of aliphatic hydroxyl groups excluding tert-OH is 1. The lowest BCUT2D eigenvalue weighted by Gasteiger charge is -2.01. The van der Waals surface area contributed by atoms with Gasteiger partial charge in [-0.25, -0.2) is 0 Å². The summed E-state index contributed by atoms with van der Waals surface area (Å²) >= 11 is 0. The van der Waals surface area contributed by atoms with Gasteiger partial charge in [0, 0.05) is 6.42 Å². The van der Waals surface area contributed by atoms with Crippen LogP contribution in [-0.4, -0.2) is 21.9 Å². The van der Waals surface area contributed by atoms with Gasteiger partial charge in [0.05, 0.1) is 6.61 Å². The standard InChI is InChI=1S/C15H15N3O2/c16-13(9-19)15-17-14(18-20-15)8-10-5-6-11-3-1-2-4-12(11)7-10/h1-7,13,19H,8-9,16H2/t13-/m0/s1. The van der Waals surface area contributed by atoms with E-state index in [0.29, 0.717) is 12.2 Å². The number of rotatable bonds is 4. The van der Waals surface area contributed by atoms with Gasteiger partial charge < -0.3 is 15.4 Å². The summed E-state index contributed by atoms with van der Waals surface area (Å²) < 4.78 is 5.03. The molecule has 5 nitrogen and oxygen atoms in total. The summed E-state index contributed by atoms with van der Waals surface area (Å²) in [6.45, 7) is -0.211. The molecule has 0 fully saturated rings. The van der Waals surface area contributed by atoms with Crippen molar-refractivity contribution >= 4 is 10.8 Å². The fourth-order valence-corrected chi connectivity index (χ4v) is 2.10. The third-order valence-corrected chi connectivity index (χ3v) is 3.17. The molecule has 1 heterocycles. The van der Waals surface area contributed by atoms with Crippen molar-refractivity contribution in [1.82, 2.24) is 10.1 Å². The molecule has 3 rings (SSSR count). The van der Waals surface area contributed by atoms with E-state index in [1.54, 1.807) is 0 Å². The maximum atomic E-state index is 8.95. The normalized spacial score (nSPS) is 12.7. The van der Waals surface area contributed by atoms with Gasteiger partial charge in [0.15, 0.2) is 5.82 Å². The molecule has 0 aliphatic heterocycles. The number of fused-ring (bicyclic) bond motifs is 1. The Bertz CT molecular complexity index is 724. The summed E-state index contributed by atoms with van der Waals surface area (Å²) in [6.07, 6.45) is 0.576. The predicted molar refractivity (Wildman–Crippen MR) is 75.1 cm³/mol. The zero-order chi connectivity index (χ0) is 13.9. The summed E-state index contributed by atoms with van der Waals surface area (Å²) in [5.74, 6) is 0.836. The number of nitrogens with two attached hydrogens (primary N) is 1. The second-order valence-corrected chi connectivity index (χ2v) is 4.70. The summed E-state index contributed by atoms with van der Waals surface area (Å²) in [5.41, 5.74) is 6.73. The Morgan fingerprint density at radius 3 is 2.75 bits per heavy atom. The van der Waals surface area contributed by atoms with Crippen molar-refractivity contribution in [2.75, 3.05) is 6.61 Å². The SMILES string of the molecule is N[C@@H](CO)c1nc(Cc2ccc3ccccc3c2)no1. The maximum Gasteiger partial charge on any atom is 0.245 e. The first-order chi connectivity index (χ1) is 9.76. The Kier molecular flexibility index (Phi) is 3.45. The topological polar surface area (TPSA) is 85.2 Å². The first-order valence-electron chi connectivity index (χ1n) is 6.43. The molecule has 0 saturated carbocycles. The summed E-state index contributed by atoms with van der Waals surface area (Å²) in [6, 6.07) is 13.8. The van der Waals surface area contributed by atoms with Crippen LogP contribution in [0.1, 0.15) is 23.3 Å². The first kappa shape index (κ1) is 12.8. The largest absolute Gasteiger partial charge is 0.394 e. The first-order valence-corrected chi connectivity index (χ1v) is 6.43. The van der Waals surface area contributed by atoms with Gasteiger partial charge in [-0.1, -0.05) is 47.6 Å². The highest BCUT2D eigenvalue weighted by atomic mass is 16.5. The smallest absolute Gasteiger partial charge is 0.245 e. The van der Waals surface area contributed by atoms with Crippen molar-refractivity contribution < 1.29 is 9.63 Å². The quantitative estimate of drug-likeness (QED) is 0.754. The van der Waals surface area contributed by atoms with Crippen LogP contribution in [0.25, 0.3) is 10.8 Å². The third kappa shape index (κ3) is 2.54. The van der Waals surface area contributed by atoms with Crippen LogP contribution in [0.2, 0.25) is 0 Å². The summed E-state index contributed by atoms with van der Waals surface area (Å²) in [5, 5.41) is 15.2. The van der Waals surface area contributed by atoms with Crippen molar-refractivity contribution in [1.29, 1.82) is 0 Å².